The largest absolute Gasteiger partial charge is 0.508 e. The molecule has 0 unspecified atom stereocenters. The molecule has 7 heterocycles. The van der Waals surface area contributed by atoms with E-state index < -0.39 is 185 Å². The molecule has 2 saturated heterocycles. The first-order valence-corrected chi connectivity index (χ1v) is 42.1. The molecule has 19 N–H and O–H groups in total. The lowest BCUT2D eigenvalue weighted by Gasteiger charge is -2.54. The number of hydrogen-bond acceptors (Lipinski definition) is 27. The lowest BCUT2D eigenvalue weighted by molar-refractivity contribution is -0.275. The Labute approximate surface area is 716 Å². The van der Waals surface area contributed by atoms with Crippen molar-refractivity contribution in [1.82, 2.24) is 63.8 Å². The lowest BCUT2D eigenvalue weighted by atomic mass is 9.54. The third-order valence-electron chi connectivity index (χ3n) is 24.5. The molecule has 7 aliphatic heterocycles. The van der Waals surface area contributed by atoms with E-state index in [1.807, 2.05) is 27.7 Å². The lowest BCUT2D eigenvalue weighted by Crippen LogP contribution is -2.65. The van der Waals surface area contributed by atoms with Gasteiger partial charge in [-0.05, 0) is 212 Å². The molecule has 10 amide bonds. The summed E-state index contributed by atoms with van der Waals surface area (Å²) in [5.41, 5.74) is -1.82. The fraction of sp³-hybridized carbons (Fsp3) is 0.471. The monoisotopic (exact) mass is 1730 g/mol. The Bertz CT molecular complexity index is 5160. The number of aliphatic hydroxyl groups is 6. The van der Waals surface area contributed by atoms with Crippen molar-refractivity contribution >= 4 is 70.9 Å². The van der Waals surface area contributed by atoms with E-state index in [1.165, 1.54) is 92.8 Å². The van der Waals surface area contributed by atoms with E-state index in [4.69, 9.17) is 44.8 Å². The van der Waals surface area contributed by atoms with Crippen molar-refractivity contribution in [3.05, 3.63) is 152 Å². The number of aliphatic hydroxyl groups excluding tert-OH is 4. The number of carbonyl (C=O) groups is 10. The molecule has 5 aliphatic carbocycles. The summed E-state index contributed by atoms with van der Waals surface area (Å²) in [6.45, 7) is 11.2. The summed E-state index contributed by atoms with van der Waals surface area (Å²) in [5, 5.41) is 118. The number of nitrogens with one attached hydrogen (secondary N) is 12. The van der Waals surface area contributed by atoms with Gasteiger partial charge < -0.3 is 127 Å². The van der Waals surface area contributed by atoms with Gasteiger partial charge in [0.2, 0.25) is 65.1 Å². The van der Waals surface area contributed by atoms with E-state index in [9.17, 15) is 54.9 Å². The minimum absolute atomic E-state index is 0.0433. The maximum atomic E-state index is 16.7. The van der Waals surface area contributed by atoms with Crippen LogP contribution in [0.25, 0.3) is 11.1 Å². The van der Waals surface area contributed by atoms with Crippen molar-refractivity contribution in [2.24, 2.45) is 29.6 Å². The van der Waals surface area contributed by atoms with E-state index >= 15 is 28.8 Å². The molecule has 6 fully saturated rings. The zero-order valence-electron chi connectivity index (χ0n) is 68.6. The molecular weight excluding hydrogens is 1630 g/mol. The van der Waals surface area contributed by atoms with Crippen LogP contribution >= 0.6 is 11.6 Å². The molecule has 0 aromatic heterocycles. The van der Waals surface area contributed by atoms with Gasteiger partial charge in [0.1, 0.15) is 97.2 Å². The molecule has 15 bridgehead atoms. The van der Waals surface area contributed by atoms with Crippen LogP contribution in [0.1, 0.15) is 158 Å². The van der Waals surface area contributed by atoms with Crippen molar-refractivity contribution < 1.29 is 117 Å². The molecule has 660 valence electrons. The topological polar surface area (TPSA) is 521 Å². The quantitative estimate of drug-likeness (QED) is 0.0343. The third-order valence-corrected chi connectivity index (χ3v) is 24.8. The highest BCUT2D eigenvalue weighted by molar-refractivity contribution is 6.32. The molecule has 0 radical (unpaired) electrons. The Morgan fingerprint density at radius 2 is 1.29 bits per heavy atom. The summed E-state index contributed by atoms with van der Waals surface area (Å²) in [6.07, 6.45) is -10.2. The average molecular weight is 1730 g/mol. The van der Waals surface area contributed by atoms with E-state index in [2.05, 4.69) is 63.8 Å². The molecule has 6 aromatic rings. The van der Waals surface area contributed by atoms with Crippen LogP contribution in [-0.4, -0.2) is 209 Å². The summed E-state index contributed by atoms with van der Waals surface area (Å²) < 4.78 is 43.8. The number of aromatic hydroxyl groups is 1. The predicted octanol–water partition coefficient (Wildman–Crippen LogP) is 2.67. The highest BCUT2D eigenvalue weighted by Gasteiger charge is 2.54. The number of halogens is 1. The minimum Gasteiger partial charge on any atom is -0.508 e. The van der Waals surface area contributed by atoms with Gasteiger partial charge in [-0.25, -0.2) is 4.79 Å². The Kier molecular flexibility index (Phi) is 25.8. The van der Waals surface area contributed by atoms with Gasteiger partial charge in [0.05, 0.1) is 24.0 Å². The first-order valence-electron chi connectivity index (χ1n) is 41.7. The van der Waals surface area contributed by atoms with Gasteiger partial charge in [0.15, 0.2) is 29.1 Å². The maximum Gasteiger partial charge on any atom is 0.407 e. The second-order valence-corrected chi connectivity index (χ2v) is 33.8. The van der Waals surface area contributed by atoms with Crippen LogP contribution in [0.15, 0.2) is 97.1 Å². The number of carbonyl (C=O) groups excluding carboxylic acids is 10. The van der Waals surface area contributed by atoms with Gasteiger partial charge in [-0.1, -0.05) is 63.6 Å². The summed E-state index contributed by atoms with van der Waals surface area (Å²) in [6, 6.07) is 5.76. The molecule has 18 rings (SSSR count). The average Bonchev–Trinajstić information content (AvgIpc) is 1.55. The molecule has 6 aromatic carbocycles. The van der Waals surface area contributed by atoms with Crippen LogP contribution in [-0.2, 0) is 53.6 Å². The minimum atomic E-state index is -2.98. The SMILES string of the molecule is CCNCCOc1ccc(C(=O)NC(=O)C[C@@H]2NC(=O)[C@H](NC(=O)[C@@H](CC(C)C)NC)[C@H](O)c3ccc(c(C)c3)Oc3cc4cc(c3O[C@@H]3O[C@@H]5CNC(=O)O[C@H]5[C@H](O)[C@H]3O)Oc3ccc(cc3Cl)[C@@H](O)[C@@H]3NC(=O)[C@H](NC(=O)[C@@H]4NC2=O)c2ccc4c(c2)-c2c(cc(O)cc2C4(O)O)[C@@H](C(=O)NC2C4CC5CC(C4)CC2C5)NC3=O)cc1OCCNCC. The van der Waals surface area contributed by atoms with Crippen LogP contribution in [0, 0.1) is 36.5 Å². The molecule has 12 aliphatic rings. The van der Waals surface area contributed by atoms with E-state index in [-0.39, 0.29) is 134 Å². The molecule has 37 heteroatoms. The summed E-state index contributed by atoms with van der Waals surface area (Å²) >= 11 is 7.26. The maximum absolute atomic E-state index is 16.7. The van der Waals surface area contributed by atoms with Crippen LogP contribution in [0.2, 0.25) is 5.02 Å². The molecule has 14 atom stereocenters. The molecule has 36 nitrogen and oxygen atoms in total. The first-order chi connectivity index (χ1) is 59.3. The van der Waals surface area contributed by atoms with E-state index in [0.29, 0.717) is 38.0 Å². The number of hydrogen-bond donors (Lipinski definition) is 19. The standard InChI is InChI=1S/C87H101ClN12O24/c1-7-90-17-19-118-58-16-12-44(30-59(58)119-20-18-91-8-2)77(107)94-63(102)35-55-79(109)96-67-47-31-60(120-56-14-10-42(22-38(56)5)71(103)69(83(113)93-55)99-78(108)54(89-6)21-37(3)4)75(123-85-74(106)73(105)76-62(122-85)36-92-86(115)124-76)61(32-47)121-57-15-11-43(29-53(57)88)72(104)70-84(114)98-68(82(112)95-65-45-24-39-23-40(26-45)27-46(65)25-39)50-33-48(101)34-52-64(50)49-28-41(9-13-51(49)87(52,116)117)66(80(110)100-70)97-81(67)111/h9-16,22,28-34,37,39-40,45-46,54-55,62,65-74,76,85,89-91,101,103-106,116-117H,7-8,17-21,23-27,35-36H2,1-6H3,(H,92,115)(H,93,113)(H,95,112)(H,96,109)(H,97,111)(H,98,114)(H,99,108)(H,100,110)(H,94,102,107)/t39?,40?,45?,46?,54-,55+,62-,65?,66-,67-,68+,69-,70+,71-,72-,73-,74-,76-,85+/m1/s1. The van der Waals surface area contributed by atoms with Crippen molar-refractivity contribution in [3.63, 3.8) is 0 Å². The highest BCUT2D eigenvalue weighted by atomic mass is 35.5. The number of fused-ring (bicyclic) bond motifs is 13. The second-order valence-electron chi connectivity index (χ2n) is 33.4. The smallest absolute Gasteiger partial charge is 0.407 e. The third kappa shape index (κ3) is 18.0. The zero-order valence-corrected chi connectivity index (χ0v) is 69.4. The predicted molar refractivity (Wildman–Crippen MR) is 439 cm³/mol. The van der Waals surface area contributed by atoms with Gasteiger partial charge in [0.25, 0.3) is 5.91 Å². The molecule has 0 spiro atoms. The van der Waals surface area contributed by atoms with E-state index in [0.717, 1.165) is 50.3 Å². The van der Waals surface area contributed by atoms with Crippen LogP contribution in [0.5, 0.6) is 46.0 Å². The zero-order chi connectivity index (χ0) is 88.0. The summed E-state index contributed by atoms with van der Waals surface area (Å²) in [4.78, 5) is 153. The van der Waals surface area contributed by atoms with Crippen molar-refractivity contribution in [2.75, 3.05) is 53.0 Å². The van der Waals surface area contributed by atoms with Crippen LogP contribution in [0.3, 0.4) is 0 Å². The van der Waals surface area contributed by atoms with Gasteiger partial charge in [-0.3, -0.25) is 48.5 Å². The number of rotatable bonds is 22. The van der Waals surface area contributed by atoms with Crippen molar-refractivity contribution in [2.45, 2.75) is 177 Å². The van der Waals surface area contributed by atoms with Gasteiger partial charge in [-0.2, -0.15) is 0 Å². The van der Waals surface area contributed by atoms with Crippen molar-refractivity contribution in [3.8, 4) is 57.1 Å². The van der Waals surface area contributed by atoms with Crippen LogP contribution in [0.4, 0.5) is 4.79 Å². The number of phenols is 1. The number of amides is 10. The normalized spacial score (nSPS) is 27.8. The Morgan fingerprint density at radius 3 is 1.96 bits per heavy atom. The number of aryl methyl sites for hydroxylation is 1. The Morgan fingerprint density at radius 1 is 0.645 bits per heavy atom. The number of likely N-dealkylation sites (N-methyl/N-ethyl adjacent to an activating group) is 3. The first kappa shape index (κ1) is 87.6. The second kappa shape index (κ2) is 36.5. The number of phenolic OH excluding ortho intramolecular Hbond substituents is 1. The molecular formula is C87H101ClN12O24. The fourth-order valence-corrected chi connectivity index (χ4v) is 18.8. The van der Waals surface area contributed by atoms with Gasteiger partial charge in [0, 0.05) is 35.8 Å². The molecule has 124 heavy (non-hydrogen) atoms. The Balaban J connectivity index is 0.896. The summed E-state index contributed by atoms with van der Waals surface area (Å²) in [7, 11) is 1.50. The highest BCUT2D eigenvalue weighted by Crippen LogP contribution is 2.56. The number of benzene rings is 6. The Hall–Kier alpha value is -11.3. The van der Waals surface area contributed by atoms with Gasteiger partial charge in [-0.15, -0.1) is 0 Å². The number of imide groups is 1. The number of alkyl carbamates (subject to hydrolysis) is 1. The molecule has 4 saturated carbocycles. The van der Waals surface area contributed by atoms with Crippen molar-refractivity contribution in [1.29, 1.82) is 0 Å². The van der Waals surface area contributed by atoms with Gasteiger partial charge >= 0.3 is 6.09 Å². The van der Waals surface area contributed by atoms with E-state index in [1.54, 1.807) is 0 Å². The van der Waals surface area contributed by atoms with Crippen LogP contribution < -0.4 is 87.5 Å². The summed E-state index contributed by atoms with van der Waals surface area (Å²) in [5.74, 6) is -14.8. The fourth-order valence-electron chi connectivity index (χ4n) is 18.5. The number of ether oxygens (including phenoxy) is 7.